The molecule has 5 heteroatoms. The monoisotopic (exact) mass is 336 g/mol. The maximum Gasteiger partial charge on any atom is 0.223 e. The standard InChI is InChI=1S/C18H25ClN2O2/c1-14-2-4-15(5-3-14)6-7-17(22)20-16-9-12-21(13-10-16)18(23)8-11-19/h2-5,16H,6-13H2,1H3,(H,20,22). The van der Waals surface area contributed by atoms with Gasteiger partial charge in [-0.3, -0.25) is 9.59 Å². The van der Waals surface area contributed by atoms with Crippen LogP contribution in [0.15, 0.2) is 24.3 Å². The highest BCUT2D eigenvalue weighted by molar-refractivity contribution is 6.18. The first kappa shape index (κ1) is 17.8. The highest BCUT2D eigenvalue weighted by Crippen LogP contribution is 2.12. The summed E-state index contributed by atoms with van der Waals surface area (Å²) >= 11 is 5.60. The zero-order valence-electron chi connectivity index (χ0n) is 13.7. The first-order valence-electron chi connectivity index (χ1n) is 8.27. The molecular formula is C18H25ClN2O2. The van der Waals surface area contributed by atoms with Crippen LogP contribution in [0.1, 0.15) is 36.8 Å². The lowest BCUT2D eigenvalue weighted by Gasteiger charge is -2.32. The highest BCUT2D eigenvalue weighted by Gasteiger charge is 2.23. The van der Waals surface area contributed by atoms with Crippen LogP contribution in [-0.4, -0.2) is 41.7 Å². The number of benzene rings is 1. The Bertz CT molecular complexity index is 522. The summed E-state index contributed by atoms with van der Waals surface area (Å²) < 4.78 is 0. The van der Waals surface area contributed by atoms with Crippen molar-refractivity contribution < 1.29 is 9.59 Å². The van der Waals surface area contributed by atoms with Crippen LogP contribution in [0.4, 0.5) is 0 Å². The third kappa shape index (κ3) is 5.87. The number of rotatable bonds is 6. The average Bonchev–Trinajstić information content (AvgIpc) is 2.55. The number of piperidine rings is 1. The molecule has 0 unspecified atom stereocenters. The third-order valence-corrected chi connectivity index (χ3v) is 4.47. The highest BCUT2D eigenvalue weighted by atomic mass is 35.5. The van der Waals surface area contributed by atoms with Crippen molar-refractivity contribution in [3.63, 3.8) is 0 Å². The second kappa shape index (κ2) is 8.92. The molecule has 1 aliphatic heterocycles. The molecule has 0 aromatic heterocycles. The molecule has 0 saturated carbocycles. The molecule has 4 nitrogen and oxygen atoms in total. The Kier molecular flexibility index (Phi) is 6.90. The second-order valence-electron chi connectivity index (χ2n) is 6.15. The minimum absolute atomic E-state index is 0.0936. The van der Waals surface area contributed by atoms with Crippen LogP contribution in [-0.2, 0) is 16.0 Å². The normalized spacial score (nSPS) is 15.5. The van der Waals surface area contributed by atoms with Gasteiger partial charge in [-0.1, -0.05) is 29.8 Å². The van der Waals surface area contributed by atoms with E-state index in [0.29, 0.717) is 31.8 Å². The van der Waals surface area contributed by atoms with Gasteiger partial charge in [-0.05, 0) is 31.7 Å². The maximum absolute atomic E-state index is 12.1. The fourth-order valence-electron chi connectivity index (χ4n) is 2.82. The van der Waals surface area contributed by atoms with Crippen molar-refractivity contribution in [1.82, 2.24) is 10.2 Å². The molecule has 1 aromatic rings. The van der Waals surface area contributed by atoms with Crippen molar-refractivity contribution in [2.24, 2.45) is 0 Å². The van der Waals surface area contributed by atoms with Gasteiger partial charge in [0, 0.05) is 37.9 Å². The van der Waals surface area contributed by atoms with Gasteiger partial charge in [0.05, 0.1) is 0 Å². The molecule has 0 spiro atoms. The number of nitrogens with one attached hydrogen (secondary N) is 1. The molecule has 1 heterocycles. The van der Waals surface area contributed by atoms with Crippen LogP contribution in [0.2, 0.25) is 0 Å². The van der Waals surface area contributed by atoms with Crippen molar-refractivity contribution in [3.8, 4) is 0 Å². The van der Waals surface area contributed by atoms with Crippen molar-refractivity contribution in [1.29, 1.82) is 0 Å². The molecule has 1 N–H and O–H groups in total. The van der Waals surface area contributed by atoms with Gasteiger partial charge in [-0.25, -0.2) is 0 Å². The largest absolute Gasteiger partial charge is 0.353 e. The summed E-state index contributed by atoms with van der Waals surface area (Å²) in [7, 11) is 0. The fourth-order valence-corrected chi connectivity index (χ4v) is 2.99. The van der Waals surface area contributed by atoms with E-state index in [1.54, 1.807) is 0 Å². The summed E-state index contributed by atoms with van der Waals surface area (Å²) in [5.41, 5.74) is 2.42. The minimum atomic E-state index is 0.0936. The average molecular weight is 337 g/mol. The van der Waals surface area contributed by atoms with E-state index in [1.807, 2.05) is 4.90 Å². The third-order valence-electron chi connectivity index (χ3n) is 4.28. The topological polar surface area (TPSA) is 49.4 Å². The SMILES string of the molecule is Cc1ccc(CCC(=O)NC2CCN(C(=O)CCCl)CC2)cc1. The van der Waals surface area contributed by atoms with Crippen molar-refractivity contribution >= 4 is 23.4 Å². The van der Waals surface area contributed by atoms with E-state index in [2.05, 4.69) is 36.5 Å². The molecule has 126 valence electrons. The van der Waals surface area contributed by atoms with Gasteiger partial charge < -0.3 is 10.2 Å². The van der Waals surface area contributed by atoms with Gasteiger partial charge in [0.2, 0.25) is 11.8 Å². The Labute approximate surface area is 143 Å². The van der Waals surface area contributed by atoms with E-state index in [9.17, 15) is 9.59 Å². The molecule has 0 aliphatic carbocycles. The van der Waals surface area contributed by atoms with Gasteiger partial charge in [-0.15, -0.1) is 11.6 Å². The summed E-state index contributed by atoms with van der Waals surface area (Å²) in [6.07, 6.45) is 3.32. The lowest BCUT2D eigenvalue weighted by atomic mass is 10.0. The molecule has 1 aliphatic rings. The van der Waals surface area contributed by atoms with Crippen LogP contribution in [0.25, 0.3) is 0 Å². The minimum Gasteiger partial charge on any atom is -0.353 e. The maximum atomic E-state index is 12.1. The summed E-state index contributed by atoms with van der Waals surface area (Å²) in [5.74, 6) is 0.578. The van der Waals surface area contributed by atoms with Crippen LogP contribution in [0.3, 0.4) is 0 Å². The molecule has 0 bridgehead atoms. The van der Waals surface area contributed by atoms with Gasteiger partial charge >= 0.3 is 0 Å². The van der Waals surface area contributed by atoms with E-state index < -0.39 is 0 Å². The zero-order chi connectivity index (χ0) is 16.7. The number of aryl methyl sites for hydroxylation is 2. The Morgan fingerprint density at radius 3 is 2.43 bits per heavy atom. The molecule has 0 atom stereocenters. The van der Waals surface area contributed by atoms with Gasteiger partial charge in [-0.2, -0.15) is 0 Å². The smallest absolute Gasteiger partial charge is 0.223 e. The Morgan fingerprint density at radius 1 is 1.17 bits per heavy atom. The molecule has 1 saturated heterocycles. The first-order chi connectivity index (χ1) is 11.1. The number of likely N-dealkylation sites (tertiary alicyclic amines) is 1. The summed E-state index contributed by atoms with van der Waals surface area (Å²) in [5, 5.41) is 3.09. The van der Waals surface area contributed by atoms with Gasteiger partial charge in [0.15, 0.2) is 0 Å². The Morgan fingerprint density at radius 2 is 1.83 bits per heavy atom. The van der Waals surface area contributed by atoms with Crippen molar-refractivity contribution in [2.75, 3.05) is 19.0 Å². The number of amides is 2. The number of carbonyl (C=O) groups excluding carboxylic acids is 2. The van der Waals surface area contributed by atoms with Gasteiger partial charge in [0.1, 0.15) is 0 Å². The number of nitrogens with zero attached hydrogens (tertiary/aromatic N) is 1. The second-order valence-corrected chi connectivity index (χ2v) is 6.53. The fraction of sp³-hybridized carbons (Fsp3) is 0.556. The lowest BCUT2D eigenvalue weighted by Crippen LogP contribution is -2.46. The number of alkyl halides is 1. The number of hydrogen-bond acceptors (Lipinski definition) is 2. The van der Waals surface area contributed by atoms with Gasteiger partial charge in [0.25, 0.3) is 0 Å². The number of hydrogen-bond donors (Lipinski definition) is 1. The predicted octanol–water partition coefficient (Wildman–Crippen LogP) is 2.66. The Hall–Kier alpha value is -1.55. The number of halogens is 1. The summed E-state index contributed by atoms with van der Waals surface area (Å²) in [6, 6.07) is 8.47. The summed E-state index contributed by atoms with van der Waals surface area (Å²) in [4.78, 5) is 25.7. The predicted molar refractivity (Wildman–Crippen MR) is 92.6 cm³/mol. The number of carbonyl (C=O) groups is 2. The van der Waals surface area contributed by atoms with Crippen LogP contribution >= 0.6 is 11.6 Å². The van der Waals surface area contributed by atoms with Crippen LogP contribution in [0.5, 0.6) is 0 Å². The van der Waals surface area contributed by atoms with Crippen LogP contribution in [0, 0.1) is 6.92 Å². The van der Waals surface area contributed by atoms with E-state index in [1.165, 1.54) is 11.1 Å². The van der Waals surface area contributed by atoms with Crippen molar-refractivity contribution in [2.45, 2.75) is 45.1 Å². The van der Waals surface area contributed by atoms with E-state index >= 15 is 0 Å². The van der Waals surface area contributed by atoms with Crippen molar-refractivity contribution in [3.05, 3.63) is 35.4 Å². The summed E-state index contributed by atoms with van der Waals surface area (Å²) in [6.45, 7) is 3.47. The molecular weight excluding hydrogens is 312 g/mol. The molecule has 1 fully saturated rings. The Balaban J connectivity index is 1.68. The zero-order valence-corrected chi connectivity index (χ0v) is 14.4. The van der Waals surface area contributed by atoms with Crippen LogP contribution < -0.4 is 5.32 Å². The lowest BCUT2D eigenvalue weighted by molar-refractivity contribution is -0.132. The molecule has 1 aromatic carbocycles. The first-order valence-corrected chi connectivity index (χ1v) is 8.80. The van der Waals surface area contributed by atoms with E-state index in [4.69, 9.17) is 11.6 Å². The van der Waals surface area contributed by atoms with E-state index in [0.717, 1.165) is 19.3 Å². The molecule has 23 heavy (non-hydrogen) atoms. The van der Waals surface area contributed by atoms with E-state index in [-0.39, 0.29) is 17.9 Å². The molecule has 0 radical (unpaired) electrons. The quantitative estimate of drug-likeness (QED) is 0.812. The molecule has 2 rings (SSSR count). The molecule has 2 amide bonds.